The number of aliphatic carboxylic acids is 1. The van der Waals surface area contributed by atoms with Crippen LogP contribution in [-0.4, -0.2) is 45.7 Å². The zero-order valence-electron chi connectivity index (χ0n) is 25.0. The van der Waals surface area contributed by atoms with Crippen LogP contribution in [0.2, 0.25) is 0 Å². The third-order valence-corrected chi connectivity index (χ3v) is 8.55. The number of hydrogen-bond donors (Lipinski definition) is 2. The minimum atomic E-state index is -0.826. The molecule has 1 aromatic heterocycles. The SMILES string of the molecule is COc1cc(-c2cccc(-c3cccc(Nc4cccc5ncn(C)c(=O)c45)c3C)c2C)cc(F)c1CN1CC(C(=O)O)C1. The highest BCUT2D eigenvalue weighted by Gasteiger charge is 2.33. The van der Waals surface area contributed by atoms with Gasteiger partial charge in [-0.2, -0.15) is 0 Å². The Bertz CT molecular complexity index is 1980. The van der Waals surface area contributed by atoms with E-state index in [4.69, 9.17) is 4.74 Å². The summed E-state index contributed by atoms with van der Waals surface area (Å²) in [6.45, 7) is 5.13. The van der Waals surface area contributed by atoms with Gasteiger partial charge in [0.1, 0.15) is 11.6 Å². The van der Waals surface area contributed by atoms with Crippen molar-refractivity contribution in [3.8, 4) is 28.0 Å². The standard InChI is InChI=1S/C35H33FN4O4/c1-20-24(22-14-28(36)27(32(15-22)44-4)18-40-16-23(17-40)35(42)43)8-5-9-25(20)26-10-6-11-29(21(26)2)38-31-13-7-12-30-33(31)34(41)39(3)19-37-30/h5-15,19,23,38H,16-18H2,1-4H3,(H,42,43). The lowest BCUT2D eigenvalue weighted by molar-refractivity contribution is -0.147. The number of benzene rings is 4. The van der Waals surface area contributed by atoms with Crippen molar-refractivity contribution in [3.05, 3.63) is 106 Å². The van der Waals surface area contributed by atoms with Gasteiger partial charge in [0.25, 0.3) is 5.56 Å². The van der Waals surface area contributed by atoms with Gasteiger partial charge in [-0.25, -0.2) is 9.37 Å². The molecule has 1 saturated heterocycles. The quantitative estimate of drug-likeness (QED) is 0.219. The van der Waals surface area contributed by atoms with Crippen molar-refractivity contribution in [3.63, 3.8) is 0 Å². The maximum Gasteiger partial charge on any atom is 0.309 e. The Hall–Kier alpha value is -5.02. The number of rotatable bonds is 8. The fraction of sp³-hybridized carbons (Fsp3) is 0.229. The van der Waals surface area contributed by atoms with E-state index in [9.17, 15) is 14.7 Å². The van der Waals surface area contributed by atoms with Crippen molar-refractivity contribution in [2.45, 2.75) is 20.4 Å². The molecule has 0 unspecified atom stereocenters. The lowest BCUT2D eigenvalue weighted by Crippen LogP contribution is -2.49. The molecule has 0 spiro atoms. The van der Waals surface area contributed by atoms with Gasteiger partial charge in [-0.3, -0.25) is 14.5 Å². The fourth-order valence-electron chi connectivity index (χ4n) is 5.98. The molecule has 0 radical (unpaired) electrons. The van der Waals surface area contributed by atoms with E-state index in [1.54, 1.807) is 7.05 Å². The molecule has 1 fully saturated rings. The molecular formula is C35H33FN4O4. The molecule has 0 aliphatic carbocycles. The van der Waals surface area contributed by atoms with E-state index >= 15 is 4.39 Å². The van der Waals surface area contributed by atoms with E-state index in [0.29, 0.717) is 46.6 Å². The molecule has 0 amide bonds. The van der Waals surface area contributed by atoms with Crippen LogP contribution in [0.25, 0.3) is 33.2 Å². The molecule has 0 saturated carbocycles. The number of fused-ring (bicyclic) bond motifs is 1. The van der Waals surface area contributed by atoms with Crippen LogP contribution in [0.3, 0.4) is 0 Å². The lowest BCUT2D eigenvalue weighted by atomic mass is 9.89. The number of carbonyl (C=O) groups is 1. The molecule has 1 aliphatic rings. The van der Waals surface area contributed by atoms with Crippen molar-refractivity contribution in [2.75, 3.05) is 25.5 Å². The number of ether oxygens (including phenoxy) is 1. The van der Waals surface area contributed by atoms with Crippen LogP contribution in [0, 0.1) is 25.6 Å². The maximum atomic E-state index is 15.5. The van der Waals surface area contributed by atoms with Crippen molar-refractivity contribution >= 4 is 28.2 Å². The van der Waals surface area contributed by atoms with Gasteiger partial charge in [0, 0.05) is 37.9 Å². The number of methoxy groups -OCH3 is 1. The van der Waals surface area contributed by atoms with Crippen molar-refractivity contribution in [2.24, 2.45) is 13.0 Å². The zero-order chi connectivity index (χ0) is 31.1. The Kier molecular flexibility index (Phi) is 7.65. The highest BCUT2D eigenvalue weighted by molar-refractivity contribution is 5.93. The van der Waals surface area contributed by atoms with Gasteiger partial charge in [-0.1, -0.05) is 36.4 Å². The predicted molar refractivity (Wildman–Crippen MR) is 170 cm³/mol. The summed E-state index contributed by atoms with van der Waals surface area (Å²) in [6, 6.07) is 20.9. The third-order valence-electron chi connectivity index (χ3n) is 8.55. The average Bonchev–Trinajstić information content (AvgIpc) is 2.98. The Morgan fingerprint density at radius 1 is 1.00 bits per heavy atom. The molecule has 5 aromatic rings. The van der Waals surface area contributed by atoms with Gasteiger partial charge in [0.2, 0.25) is 0 Å². The lowest BCUT2D eigenvalue weighted by Gasteiger charge is -2.36. The summed E-state index contributed by atoms with van der Waals surface area (Å²) in [7, 11) is 3.20. The number of nitrogens with one attached hydrogen (secondary N) is 1. The topological polar surface area (TPSA) is 96.7 Å². The Morgan fingerprint density at radius 2 is 1.66 bits per heavy atom. The van der Waals surface area contributed by atoms with Crippen LogP contribution in [-0.2, 0) is 18.4 Å². The number of aromatic nitrogens is 2. The number of nitrogens with zero attached hydrogens (tertiary/aromatic N) is 3. The molecule has 4 aromatic carbocycles. The van der Waals surface area contributed by atoms with Crippen LogP contribution in [0.4, 0.5) is 15.8 Å². The van der Waals surface area contributed by atoms with E-state index in [2.05, 4.69) is 16.4 Å². The van der Waals surface area contributed by atoms with Crippen molar-refractivity contribution in [1.82, 2.24) is 14.5 Å². The Labute approximate surface area is 254 Å². The summed E-state index contributed by atoms with van der Waals surface area (Å²) in [5.74, 6) is -1.20. The second-order valence-electron chi connectivity index (χ2n) is 11.3. The average molecular weight is 593 g/mol. The second-order valence-corrected chi connectivity index (χ2v) is 11.3. The summed E-state index contributed by atoms with van der Waals surface area (Å²) < 4.78 is 22.6. The van der Waals surface area contributed by atoms with Crippen LogP contribution in [0.5, 0.6) is 5.75 Å². The van der Waals surface area contributed by atoms with Crippen molar-refractivity contribution in [1.29, 1.82) is 0 Å². The van der Waals surface area contributed by atoms with E-state index in [-0.39, 0.29) is 17.9 Å². The molecule has 2 N–H and O–H groups in total. The molecule has 2 heterocycles. The number of likely N-dealkylation sites (tertiary alicyclic amines) is 1. The van der Waals surface area contributed by atoms with Crippen LogP contribution < -0.4 is 15.6 Å². The fourth-order valence-corrected chi connectivity index (χ4v) is 5.98. The van der Waals surface area contributed by atoms with E-state index in [1.807, 2.05) is 73.3 Å². The van der Waals surface area contributed by atoms with Crippen molar-refractivity contribution < 1.29 is 19.0 Å². The summed E-state index contributed by atoms with van der Waals surface area (Å²) in [4.78, 5) is 30.4. The predicted octanol–water partition coefficient (Wildman–Crippen LogP) is 6.29. The van der Waals surface area contributed by atoms with Crippen LogP contribution >= 0.6 is 0 Å². The zero-order valence-corrected chi connectivity index (χ0v) is 25.0. The third kappa shape index (κ3) is 5.20. The van der Waals surface area contributed by atoms with Crippen LogP contribution in [0.1, 0.15) is 16.7 Å². The molecular weight excluding hydrogens is 559 g/mol. The number of carboxylic acids is 1. The van der Waals surface area contributed by atoms with E-state index in [1.165, 1.54) is 24.1 Å². The van der Waals surface area contributed by atoms with E-state index in [0.717, 1.165) is 33.5 Å². The smallest absolute Gasteiger partial charge is 0.309 e. The number of carboxylic acid groups (broad SMARTS) is 1. The molecule has 0 atom stereocenters. The van der Waals surface area contributed by atoms with E-state index < -0.39 is 11.9 Å². The van der Waals surface area contributed by atoms with Gasteiger partial charge >= 0.3 is 5.97 Å². The summed E-state index contributed by atoms with van der Waals surface area (Å²) in [5.41, 5.74) is 8.02. The molecule has 6 rings (SSSR count). The minimum absolute atomic E-state index is 0.126. The van der Waals surface area contributed by atoms with Gasteiger partial charge in [0.05, 0.1) is 35.9 Å². The number of hydrogen-bond acceptors (Lipinski definition) is 6. The summed E-state index contributed by atoms with van der Waals surface area (Å²) >= 11 is 0. The summed E-state index contributed by atoms with van der Waals surface area (Å²) in [6.07, 6.45) is 1.52. The van der Waals surface area contributed by atoms with Crippen LogP contribution in [0.15, 0.2) is 77.9 Å². The highest BCUT2D eigenvalue weighted by atomic mass is 19.1. The first-order chi connectivity index (χ1) is 21.2. The Balaban J connectivity index is 1.34. The summed E-state index contributed by atoms with van der Waals surface area (Å²) in [5, 5.41) is 13.2. The monoisotopic (exact) mass is 592 g/mol. The number of aryl methyl sites for hydroxylation is 1. The molecule has 8 nitrogen and oxygen atoms in total. The molecule has 224 valence electrons. The van der Waals surface area contributed by atoms with Gasteiger partial charge in [0.15, 0.2) is 0 Å². The largest absolute Gasteiger partial charge is 0.496 e. The first-order valence-electron chi connectivity index (χ1n) is 14.4. The highest BCUT2D eigenvalue weighted by Crippen LogP contribution is 2.39. The van der Waals surface area contributed by atoms with Gasteiger partial charge in [-0.05, 0) is 77.6 Å². The first kappa shape index (κ1) is 29.1. The first-order valence-corrected chi connectivity index (χ1v) is 14.4. The second kappa shape index (κ2) is 11.6. The maximum absolute atomic E-state index is 15.5. The molecule has 1 aliphatic heterocycles. The Morgan fingerprint density at radius 3 is 2.39 bits per heavy atom. The van der Waals surface area contributed by atoms with Gasteiger partial charge < -0.3 is 19.7 Å². The normalized spacial score (nSPS) is 13.6. The molecule has 0 bridgehead atoms. The molecule has 44 heavy (non-hydrogen) atoms. The minimum Gasteiger partial charge on any atom is -0.496 e. The van der Waals surface area contributed by atoms with Gasteiger partial charge in [-0.15, -0.1) is 0 Å². The molecule has 9 heteroatoms. The number of anilines is 2. The number of halogens is 1.